The standard InChI is InChI=1S/C21H27ClN4O3/c1-21(2,3)29-20(28)24(4)16-9-11-25(12-10-16)19(27)15-13-23-26(14-15)18-8-6-5-7-17(18)22/h5-8,13-14,16H,9-12H2,1-4H3. The SMILES string of the molecule is CN(C(=O)OC(C)(C)C)C1CCN(C(=O)c2cnn(-c3ccccc3Cl)c2)CC1. The number of halogens is 1. The summed E-state index contributed by atoms with van der Waals surface area (Å²) in [7, 11) is 1.75. The van der Waals surface area contributed by atoms with Crippen molar-refractivity contribution in [1.82, 2.24) is 19.6 Å². The number of aromatic nitrogens is 2. The Kier molecular flexibility index (Phi) is 6.17. The third kappa shape index (κ3) is 5.09. The van der Waals surface area contributed by atoms with Gasteiger partial charge in [-0.3, -0.25) is 4.79 Å². The summed E-state index contributed by atoms with van der Waals surface area (Å²) in [6, 6.07) is 7.41. The van der Waals surface area contributed by atoms with Gasteiger partial charge in [-0.25, -0.2) is 9.48 Å². The molecule has 0 atom stereocenters. The van der Waals surface area contributed by atoms with E-state index >= 15 is 0 Å². The third-order valence-electron chi connectivity index (χ3n) is 4.91. The highest BCUT2D eigenvalue weighted by molar-refractivity contribution is 6.32. The van der Waals surface area contributed by atoms with Crippen LogP contribution >= 0.6 is 11.6 Å². The summed E-state index contributed by atoms with van der Waals surface area (Å²) in [5, 5.41) is 4.85. The molecule has 0 unspecified atom stereocenters. The number of carbonyl (C=O) groups excluding carboxylic acids is 2. The lowest BCUT2D eigenvalue weighted by atomic mass is 10.0. The van der Waals surface area contributed by atoms with E-state index in [1.54, 1.807) is 40.0 Å². The highest BCUT2D eigenvalue weighted by Crippen LogP contribution is 2.22. The van der Waals surface area contributed by atoms with E-state index in [1.165, 1.54) is 0 Å². The smallest absolute Gasteiger partial charge is 0.410 e. The van der Waals surface area contributed by atoms with Crippen LogP contribution in [0.1, 0.15) is 44.0 Å². The average Bonchev–Trinajstić information content (AvgIpc) is 3.16. The molecule has 29 heavy (non-hydrogen) atoms. The summed E-state index contributed by atoms with van der Waals surface area (Å²) >= 11 is 6.21. The van der Waals surface area contributed by atoms with E-state index in [4.69, 9.17) is 16.3 Å². The van der Waals surface area contributed by atoms with Crippen LogP contribution in [-0.2, 0) is 4.74 Å². The maximum Gasteiger partial charge on any atom is 0.410 e. The molecule has 1 fully saturated rings. The zero-order valence-corrected chi connectivity index (χ0v) is 18.0. The van der Waals surface area contributed by atoms with Crippen molar-refractivity contribution in [2.24, 2.45) is 0 Å². The molecule has 2 amide bonds. The van der Waals surface area contributed by atoms with Crippen LogP contribution in [0.15, 0.2) is 36.7 Å². The third-order valence-corrected chi connectivity index (χ3v) is 5.23. The minimum absolute atomic E-state index is 0.0553. The molecule has 2 heterocycles. The minimum Gasteiger partial charge on any atom is -0.444 e. The van der Waals surface area contributed by atoms with Gasteiger partial charge in [0.25, 0.3) is 5.91 Å². The fourth-order valence-corrected chi connectivity index (χ4v) is 3.55. The molecule has 3 rings (SSSR count). The lowest BCUT2D eigenvalue weighted by molar-refractivity contribution is 0.0156. The van der Waals surface area contributed by atoms with Crippen molar-refractivity contribution in [3.63, 3.8) is 0 Å². The van der Waals surface area contributed by atoms with Crippen molar-refractivity contribution in [3.05, 3.63) is 47.2 Å². The molecule has 1 aromatic carbocycles. The second kappa shape index (κ2) is 8.45. The number of hydrogen-bond acceptors (Lipinski definition) is 4. The Morgan fingerprint density at radius 1 is 1.21 bits per heavy atom. The van der Waals surface area contributed by atoms with Crippen molar-refractivity contribution in [2.75, 3.05) is 20.1 Å². The number of benzene rings is 1. The lowest BCUT2D eigenvalue weighted by Gasteiger charge is -2.37. The van der Waals surface area contributed by atoms with E-state index in [1.807, 2.05) is 39.0 Å². The van der Waals surface area contributed by atoms with Gasteiger partial charge in [-0.1, -0.05) is 23.7 Å². The fourth-order valence-electron chi connectivity index (χ4n) is 3.32. The van der Waals surface area contributed by atoms with Gasteiger partial charge in [-0.2, -0.15) is 5.10 Å². The van der Waals surface area contributed by atoms with Crippen LogP contribution in [0.3, 0.4) is 0 Å². The Balaban J connectivity index is 1.59. The summed E-state index contributed by atoms with van der Waals surface area (Å²) in [6.07, 6.45) is 4.34. The quantitative estimate of drug-likeness (QED) is 0.755. The highest BCUT2D eigenvalue weighted by atomic mass is 35.5. The van der Waals surface area contributed by atoms with Gasteiger partial charge >= 0.3 is 6.09 Å². The van der Waals surface area contributed by atoms with E-state index in [0.717, 1.165) is 5.69 Å². The maximum atomic E-state index is 12.9. The molecule has 0 aliphatic carbocycles. The zero-order valence-electron chi connectivity index (χ0n) is 17.3. The van der Waals surface area contributed by atoms with Gasteiger partial charge in [0, 0.05) is 32.4 Å². The molecule has 0 spiro atoms. The van der Waals surface area contributed by atoms with Crippen molar-refractivity contribution >= 4 is 23.6 Å². The molecule has 8 heteroatoms. The van der Waals surface area contributed by atoms with Crippen LogP contribution < -0.4 is 0 Å². The van der Waals surface area contributed by atoms with Gasteiger partial charge in [0.2, 0.25) is 0 Å². The summed E-state index contributed by atoms with van der Waals surface area (Å²) in [4.78, 5) is 28.6. The first-order chi connectivity index (χ1) is 13.7. The second-order valence-electron chi connectivity index (χ2n) is 8.24. The van der Waals surface area contributed by atoms with Crippen LogP contribution in [0.5, 0.6) is 0 Å². The predicted octanol–water partition coefficient (Wildman–Crippen LogP) is 4.00. The van der Waals surface area contributed by atoms with Gasteiger partial charge in [0.1, 0.15) is 5.60 Å². The van der Waals surface area contributed by atoms with E-state index in [0.29, 0.717) is 36.5 Å². The lowest BCUT2D eigenvalue weighted by Crippen LogP contribution is -2.48. The molecule has 7 nitrogen and oxygen atoms in total. The zero-order chi connectivity index (χ0) is 21.2. The number of rotatable bonds is 3. The Labute approximate surface area is 176 Å². The van der Waals surface area contributed by atoms with Gasteiger partial charge < -0.3 is 14.5 Å². The summed E-state index contributed by atoms with van der Waals surface area (Å²) < 4.78 is 7.05. The number of ether oxygens (including phenoxy) is 1. The molecule has 0 radical (unpaired) electrons. The van der Waals surface area contributed by atoms with Gasteiger partial charge in [0.15, 0.2) is 0 Å². The number of likely N-dealkylation sites (tertiary alicyclic amines) is 1. The molecule has 0 bridgehead atoms. The van der Waals surface area contributed by atoms with Gasteiger partial charge in [0.05, 0.1) is 22.5 Å². The first-order valence-corrected chi connectivity index (χ1v) is 10.1. The largest absolute Gasteiger partial charge is 0.444 e. The van der Waals surface area contributed by atoms with E-state index in [2.05, 4.69) is 5.10 Å². The van der Waals surface area contributed by atoms with Crippen LogP contribution in [0.4, 0.5) is 4.79 Å². The van der Waals surface area contributed by atoms with Crippen molar-refractivity contribution in [1.29, 1.82) is 0 Å². The number of hydrogen-bond donors (Lipinski definition) is 0. The Morgan fingerprint density at radius 3 is 2.48 bits per heavy atom. The monoisotopic (exact) mass is 418 g/mol. The highest BCUT2D eigenvalue weighted by Gasteiger charge is 2.30. The van der Waals surface area contributed by atoms with Gasteiger partial charge in [-0.15, -0.1) is 0 Å². The predicted molar refractivity (Wildman–Crippen MR) is 111 cm³/mol. The molecule has 2 aromatic rings. The number of nitrogens with zero attached hydrogens (tertiary/aromatic N) is 4. The van der Waals surface area contributed by atoms with Crippen LogP contribution in [0.25, 0.3) is 5.69 Å². The van der Waals surface area contributed by atoms with Gasteiger partial charge in [-0.05, 0) is 45.7 Å². The van der Waals surface area contributed by atoms with Crippen LogP contribution in [0, 0.1) is 0 Å². The number of amides is 2. The van der Waals surface area contributed by atoms with Crippen molar-refractivity contribution in [3.8, 4) is 5.69 Å². The normalized spacial score (nSPS) is 15.3. The van der Waals surface area contributed by atoms with E-state index < -0.39 is 5.60 Å². The van der Waals surface area contributed by atoms with E-state index in [9.17, 15) is 9.59 Å². The first kappa shape index (κ1) is 21.2. The Hall–Kier alpha value is -2.54. The molecule has 0 saturated carbocycles. The molecule has 0 N–H and O–H groups in total. The van der Waals surface area contributed by atoms with Crippen LogP contribution in [-0.4, -0.2) is 63.4 Å². The molecule has 1 aromatic heterocycles. The molecule has 1 aliphatic rings. The topological polar surface area (TPSA) is 67.7 Å². The fraction of sp³-hybridized carbons (Fsp3) is 0.476. The molecule has 1 saturated heterocycles. The molecular weight excluding hydrogens is 392 g/mol. The summed E-state index contributed by atoms with van der Waals surface area (Å²) in [5.74, 6) is -0.0679. The minimum atomic E-state index is -0.524. The maximum absolute atomic E-state index is 12.9. The van der Waals surface area contributed by atoms with Crippen LogP contribution in [0.2, 0.25) is 5.02 Å². The van der Waals surface area contributed by atoms with Crippen molar-refractivity contribution in [2.45, 2.75) is 45.3 Å². The molecule has 1 aliphatic heterocycles. The Morgan fingerprint density at radius 2 is 1.86 bits per heavy atom. The molecular formula is C21H27ClN4O3. The van der Waals surface area contributed by atoms with E-state index in [-0.39, 0.29) is 18.0 Å². The second-order valence-corrected chi connectivity index (χ2v) is 8.65. The number of piperidine rings is 1. The Bertz CT molecular complexity index is 882. The number of carbonyl (C=O) groups is 2. The molecule has 156 valence electrons. The summed E-state index contributed by atoms with van der Waals surface area (Å²) in [5.41, 5.74) is 0.721. The summed E-state index contributed by atoms with van der Waals surface area (Å²) in [6.45, 7) is 6.70. The average molecular weight is 419 g/mol. The first-order valence-electron chi connectivity index (χ1n) is 9.70. The van der Waals surface area contributed by atoms with Crippen molar-refractivity contribution < 1.29 is 14.3 Å². The number of para-hydroxylation sites is 1.